The van der Waals surface area contributed by atoms with E-state index in [1.807, 2.05) is 59.5 Å². The van der Waals surface area contributed by atoms with Gasteiger partial charge in [0.05, 0.1) is 6.42 Å². The van der Waals surface area contributed by atoms with Gasteiger partial charge in [0, 0.05) is 25.0 Å². The van der Waals surface area contributed by atoms with E-state index in [1.165, 1.54) is 7.62 Å². The fourth-order valence-corrected chi connectivity index (χ4v) is 2.35. The van der Waals surface area contributed by atoms with Crippen LogP contribution in [0, 0.1) is 0 Å². The van der Waals surface area contributed by atoms with Gasteiger partial charge in [-0.3, -0.25) is 4.79 Å². The van der Waals surface area contributed by atoms with Crippen molar-refractivity contribution in [1.29, 1.82) is 0 Å². The number of anilines is 2. The van der Waals surface area contributed by atoms with Crippen molar-refractivity contribution < 1.29 is 9.45 Å². The van der Waals surface area contributed by atoms with Gasteiger partial charge in [0.15, 0.2) is 0 Å². The third kappa shape index (κ3) is 5.14. The Morgan fingerprint density at radius 2 is 1.83 bits per heavy atom. The maximum atomic E-state index is 12.6. The summed E-state index contributed by atoms with van der Waals surface area (Å²) in [6, 6.07) is 17.6. The van der Waals surface area contributed by atoms with Crippen LogP contribution in [0.4, 0.5) is 11.4 Å². The van der Waals surface area contributed by atoms with Gasteiger partial charge in [0.2, 0.25) is 5.91 Å². The Morgan fingerprint density at radius 1 is 1.13 bits per heavy atom. The van der Waals surface area contributed by atoms with Crippen LogP contribution in [0.25, 0.3) is 0 Å². The first kappa shape index (κ1) is 17.1. The Morgan fingerprint density at radius 3 is 2.43 bits per heavy atom. The summed E-state index contributed by atoms with van der Waals surface area (Å²) in [6.45, 7) is 2.81. The van der Waals surface area contributed by atoms with E-state index in [0.717, 1.165) is 29.9 Å². The lowest BCUT2D eigenvalue weighted by atomic mass is 10.1. The largest absolute Gasteiger partial charge is 0.435 e. The number of nitrogens with one attached hydrogen (secondary N) is 1. The molecule has 0 saturated carbocycles. The van der Waals surface area contributed by atoms with Crippen LogP contribution in [-0.4, -0.2) is 27.2 Å². The second kappa shape index (κ2) is 9.01. The van der Waals surface area contributed by atoms with Crippen LogP contribution in [0.1, 0.15) is 18.9 Å². The standard InChI is InChI=1S/C18H22BN2O2/c1-3-13-21(17-7-5-4-6-8-17)18(22)14-15-9-11-16(12-10-15)20-19-23-2/h4-12,20H,3,13-14H2,1-2H3. The maximum absolute atomic E-state index is 12.6. The van der Waals surface area contributed by atoms with E-state index in [4.69, 9.17) is 4.65 Å². The highest BCUT2D eigenvalue weighted by Crippen LogP contribution is 2.16. The summed E-state index contributed by atoms with van der Waals surface area (Å²) < 4.78 is 4.85. The lowest BCUT2D eigenvalue weighted by Crippen LogP contribution is -2.32. The molecule has 0 unspecified atom stereocenters. The van der Waals surface area contributed by atoms with Gasteiger partial charge in [-0.15, -0.1) is 0 Å². The number of rotatable bonds is 8. The molecule has 1 N–H and O–H groups in total. The van der Waals surface area contributed by atoms with Gasteiger partial charge in [0.25, 0.3) is 0 Å². The minimum Gasteiger partial charge on any atom is -0.422 e. The van der Waals surface area contributed by atoms with Crippen molar-refractivity contribution >= 4 is 24.9 Å². The molecule has 23 heavy (non-hydrogen) atoms. The fourth-order valence-electron chi connectivity index (χ4n) is 2.35. The van der Waals surface area contributed by atoms with Crippen LogP contribution in [0.15, 0.2) is 54.6 Å². The van der Waals surface area contributed by atoms with E-state index < -0.39 is 0 Å². The van der Waals surface area contributed by atoms with Gasteiger partial charge in [-0.1, -0.05) is 37.3 Å². The molecule has 0 aromatic heterocycles. The van der Waals surface area contributed by atoms with Crippen molar-refractivity contribution in [3.05, 3.63) is 60.2 Å². The molecule has 0 aliphatic carbocycles. The lowest BCUT2D eigenvalue weighted by molar-refractivity contribution is -0.118. The summed E-state index contributed by atoms with van der Waals surface area (Å²) in [5.74, 6) is 0.113. The van der Waals surface area contributed by atoms with Gasteiger partial charge >= 0.3 is 7.62 Å². The number of para-hydroxylation sites is 1. The highest BCUT2D eigenvalue weighted by atomic mass is 16.4. The molecular weight excluding hydrogens is 287 g/mol. The summed E-state index contributed by atoms with van der Waals surface area (Å²) in [4.78, 5) is 14.5. The smallest absolute Gasteiger partial charge is 0.422 e. The summed E-state index contributed by atoms with van der Waals surface area (Å²) in [7, 11) is 3.10. The molecule has 5 heteroatoms. The minimum absolute atomic E-state index is 0.113. The minimum atomic E-state index is 0.113. The first-order chi connectivity index (χ1) is 11.2. The van der Waals surface area contributed by atoms with Crippen molar-refractivity contribution in [2.75, 3.05) is 23.8 Å². The molecule has 0 atom stereocenters. The van der Waals surface area contributed by atoms with Gasteiger partial charge in [-0.25, -0.2) is 0 Å². The quantitative estimate of drug-likeness (QED) is 0.761. The topological polar surface area (TPSA) is 41.6 Å². The average molecular weight is 309 g/mol. The zero-order chi connectivity index (χ0) is 16.5. The molecule has 0 aliphatic heterocycles. The highest BCUT2D eigenvalue weighted by molar-refractivity contribution is 6.32. The normalized spacial score (nSPS) is 10.2. The molecule has 0 spiro atoms. The summed E-state index contributed by atoms with van der Waals surface area (Å²) in [5.41, 5.74) is 2.87. The van der Waals surface area contributed by atoms with E-state index in [-0.39, 0.29) is 5.91 Å². The number of hydrogen-bond donors (Lipinski definition) is 1. The van der Waals surface area contributed by atoms with Crippen LogP contribution < -0.4 is 10.1 Å². The second-order valence-corrected chi connectivity index (χ2v) is 5.25. The molecule has 1 radical (unpaired) electrons. The van der Waals surface area contributed by atoms with Crippen molar-refractivity contribution in [1.82, 2.24) is 0 Å². The zero-order valence-electron chi connectivity index (χ0n) is 13.7. The molecule has 2 aromatic rings. The molecule has 2 aromatic carbocycles. The van der Waals surface area contributed by atoms with Crippen LogP contribution >= 0.6 is 0 Å². The van der Waals surface area contributed by atoms with Gasteiger partial charge in [-0.05, 0) is 36.2 Å². The Labute approximate surface area is 138 Å². The van der Waals surface area contributed by atoms with Gasteiger partial charge < -0.3 is 14.8 Å². The zero-order valence-corrected chi connectivity index (χ0v) is 13.7. The predicted octanol–water partition coefficient (Wildman–Crippen LogP) is 3.26. The highest BCUT2D eigenvalue weighted by Gasteiger charge is 2.15. The number of nitrogens with zero attached hydrogens (tertiary/aromatic N) is 1. The SMILES string of the molecule is CCCN(C(=O)Cc1ccc(N[B]OC)cc1)c1ccccc1. The van der Waals surface area contributed by atoms with E-state index in [2.05, 4.69) is 12.2 Å². The maximum Gasteiger partial charge on any atom is 0.435 e. The van der Waals surface area contributed by atoms with Crippen molar-refractivity contribution in [2.45, 2.75) is 19.8 Å². The molecule has 2 rings (SSSR count). The Kier molecular flexibility index (Phi) is 6.69. The van der Waals surface area contributed by atoms with Crippen LogP contribution in [-0.2, 0) is 15.9 Å². The molecule has 0 fully saturated rings. The van der Waals surface area contributed by atoms with Gasteiger partial charge in [0.1, 0.15) is 0 Å². The summed E-state index contributed by atoms with van der Waals surface area (Å²) in [6.07, 6.45) is 1.32. The monoisotopic (exact) mass is 309 g/mol. The Balaban J connectivity index is 2.03. The van der Waals surface area contributed by atoms with Crippen molar-refractivity contribution in [3.63, 3.8) is 0 Å². The molecular formula is C18H22BN2O2. The van der Waals surface area contributed by atoms with Gasteiger partial charge in [-0.2, -0.15) is 0 Å². The Bertz CT molecular complexity index is 602. The number of carbonyl (C=O) groups is 1. The van der Waals surface area contributed by atoms with Crippen LogP contribution in [0.2, 0.25) is 0 Å². The van der Waals surface area contributed by atoms with E-state index in [1.54, 1.807) is 7.11 Å². The average Bonchev–Trinajstić information content (AvgIpc) is 2.59. The van der Waals surface area contributed by atoms with Crippen LogP contribution in [0.5, 0.6) is 0 Å². The summed E-state index contributed by atoms with van der Waals surface area (Å²) in [5, 5.41) is 3.00. The number of benzene rings is 2. The second-order valence-electron chi connectivity index (χ2n) is 5.25. The molecule has 119 valence electrons. The Hall–Kier alpha value is -2.27. The molecule has 0 bridgehead atoms. The number of amides is 1. The predicted molar refractivity (Wildman–Crippen MR) is 95.6 cm³/mol. The molecule has 4 nitrogen and oxygen atoms in total. The molecule has 0 saturated heterocycles. The number of carbonyl (C=O) groups excluding carboxylic acids is 1. The van der Waals surface area contributed by atoms with E-state index >= 15 is 0 Å². The molecule has 0 heterocycles. The third-order valence-corrected chi connectivity index (χ3v) is 3.47. The van der Waals surface area contributed by atoms with Crippen LogP contribution in [0.3, 0.4) is 0 Å². The first-order valence-electron chi connectivity index (χ1n) is 7.80. The van der Waals surface area contributed by atoms with Crippen molar-refractivity contribution in [3.8, 4) is 0 Å². The van der Waals surface area contributed by atoms with E-state index in [0.29, 0.717) is 6.42 Å². The summed E-state index contributed by atoms with van der Waals surface area (Å²) >= 11 is 0. The first-order valence-corrected chi connectivity index (χ1v) is 7.80. The lowest BCUT2D eigenvalue weighted by Gasteiger charge is -2.22. The van der Waals surface area contributed by atoms with E-state index in [9.17, 15) is 4.79 Å². The van der Waals surface area contributed by atoms with Crippen molar-refractivity contribution in [2.24, 2.45) is 0 Å². The molecule has 1 amide bonds. The fraction of sp³-hybridized carbons (Fsp3) is 0.278. The molecule has 0 aliphatic rings. The third-order valence-electron chi connectivity index (χ3n) is 3.47. The number of hydrogen-bond acceptors (Lipinski definition) is 3.